The highest BCUT2D eigenvalue weighted by atomic mass is 16.4. The van der Waals surface area contributed by atoms with E-state index in [1.807, 2.05) is 30.5 Å². The number of carbonyl (C=O) groups is 1. The number of nitrogens with two attached hydrogens (primary N) is 1. The fourth-order valence-corrected chi connectivity index (χ4v) is 1.02. The zero-order chi connectivity index (χ0) is 11.1. The second-order valence-corrected chi connectivity index (χ2v) is 2.65. The molecular formula is C10H11N3O2. The largest absolute Gasteiger partial charge is 0.464 e. The van der Waals surface area contributed by atoms with Crippen LogP contribution in [0.5, 0.6) is 0 Å². The van der Waals surface area contributed by atoms with Gasteiger partial charge < -0.3 is 5.11 Å². The van der Waals surface area contributed by atoms with Crippen LogP contribution in [0, 0.1) is 0 Å². The molecular weight excluding hydrogens is 194 g/mol. The van der Waals surface area contributed by atoms with Crippen LogP contribution in [0.4, 0.5) is 4.79 Å². The molecule has 1 aromatic carbocycles. The van der Waals surface area contributed by atoms with Gasteiger partial charge in [0.25, 0.3) is 0 Å². The quantitative estimate of drug-likeness (QED) is 0.344. The summed E-state index contributed by atoms with van der Waals surface area (Å²) in [5, 5.41) is 8.69. The van der Waals surface area contributed by atoms with Crippen LogP contribution in [0.1, 0.15) is 0 Å². The van der Waals surface area contributed by atoms with Gasteiger partial charge in [-0.1, -0.05) is 24.3 Å². The molecule has 0 saturated carbocycles. The lowest BCUT2D eigenvalue weighted by atomic mass is 10.2. The lowest BCUT2D eigenvalue weighted by molar-refractivity contribution is 0.194. The molecule has 0 atom stereocenters. The molecule has 0 saturated heterocycles. The van der Waals surface area contributed by atoms with Gasteiger partial charge in [0.2, 0.25) is 0 Å². The Bertz CT molecular complexity index is 380. The summed E-state index contributed by atoms with van der Waals surface area (Å²) in [5.41, 5.74) is 2.50. The number of pyridine rings is 1. The Labute approximate surface area is 86.5 Å². The molecule has 0 bridgehead atoms. The van der Waals surface area contributed by atoms with Crippen molar-refractivity contribution in [3.63, 3.8) is 0 Å². The Morgan fingerprint density at radius 3 is 2.47 bits per heavy atom. The number of nitrogens with one attached hydrogen (secondary N) is 1. The number of hydrogen-bond donors (Lipinski definition) is 3. The molecule has 0 fully saturated rings. The van der Waals surface area contributed by atoms with Gasteiger partial charge in [0, 0.05) is 11.6 Å². The Morgan fingerprint density at radius 2 is 1.87 bits per heavy atom. The summed E-state index contributed by atoms with van der Waals surface area (Å²) >= 11 is 0. The monoisotopic (exact) mass is 205 g/mol. The fourth-order valence-electron chi connectivity index (χ4n) is 1.02. The molecule has 1 aromatic heterocycles. The van der Waals surface area contributed by atoms with E-state index in [1.165, 1.54) is 10.8 Å². The number of para-hydroxylation sites is 1. The number of aromatic nitrogens is 1. The van der Waals surface area contributed by atoms with Crippen molar-refractivity contribution >= 4 is 17.0 Å². The van der Waals surface area contributed by atoms with Gasteiger partial charge in [-0.3, -0.25) is 10.4 Å². The molecule has 5 nitrogen and oxygen atoms in total. The third kappa shape index (κ3) is 3.61. The molecule has 1 heterocycles. The van der Waals surface area contributed by atoms with Crippen LogP contribution in [-0.2, 0) is 0 Å². The van der Waals surface area contributed by atoms with E-state index >= 15 is 0 Å². The van der Waals surface area contributed by atoms with Crippen molar-refractivity contribution in [2.45, 2.75) is 0 Å². The highest BCUT2D eigenvalue weighted by Crippen LogP contribution is 2.07. The number of rotatable bonds is 0. The number of carboxylic acid groups (broad SMARTS) is 1. The summed E-state index contributed by atoms with van der Waals surface area (Å²) in [4.78, 5) is 13.3. The SMILES string of the molecule is NNC(=O)O.c1ccc2ncccc2c1. The summed E-state index contributed by atoms with van der Waals surface area (Å²) < 4.78 is 0. The van der Waals surface area contributed by atoms with Gasteiger partial charge in [0.1, 0.15) is 0 Å². The average molecular weight is 205 g/mol. The second-order valence-electron chi connectivity index (χ2n) is 2.65. The minimum atomic E-state index is -1.22. The van der Waals surface area contributed by atoms with Crippen LogP contribution >= 0.6 is 0 Å². The number of benzene rings is 1. The molecule has 2 aromatic rings. The molecule has 0 aliphatic rings. The van der Waals surface area contributed by atoms with Gasteiger partial charge in [-0.15, -0.1) is 0 Å². The average Bonchev–Trinajstić information content (AvgIpc) is 2.30. The minimum absolute atomic E-state index is 1.06. The van der Waals surface area contributed by atoms with Gasteiger partial charge in [-0.25, -0.2) is 10.6 Å². The molecule has 0 unspecified atom stereocenters. The first-order valence-electron chi connectivity index (χ1n) is 4.23. The summed E-state index contributed by atoms with van der Waals surface area (Å²) in [7, 11) is 0. The predicted molar refractivity (Wildman–Crippen MR) is 57.1 cm³/mol. The standard InChI is InChI=1S/C9H7N.CH4N2O2/c1-2-6-9-8(4-1)5-3-7-10-9;2-3-1(4)5/h1-7H;3H,2H2,(H,4,5). The van der Waals surface area contributed by atoms with Gasteiger partial charge in [0.05, 0.1) is 5.52 Å². The van der Waals surface area contributed by atoms with Crippen molar-refractivity contribution in [1.29, 1.82) is 0 Å². The van der Waals surface area contributed by atoms with Gasteiger partial charge >= 0.3 is 6.09 Å². The molecule has 5 heteroatoms. The van der Waals surface area contributed by atoms with E-state index in [1.54, 1.807) is 0 Å². The molecule has 0 aliphatic heterocycles. The lowest BCUT2D eigenvalue weighted by Gasteiger charge is -1.91. The number of hydrazine groups is 1. The number of nitrogens with zero attached hydrogens (tertiary/aromatic N) is 1. The van der Waals surface area contributed by atoms with Crippen LogP contribution in [0.3, 0.4) is 0 Å². The smallest absolute Gasteiger partial charge is 0.418 e. The summed E-state index contributed by atoms with van der Waals surface area (Å²) in [5.74, 6) is 4.32. The van der Waals surface area contributed by atoms with Crippen molar-refractivity contribution in [3.8, 4) is 0 Å². The van der Waals surface area contributed by atoms with Crippen molar-refractivity contribution in [1.82, 2.24) is 10.4 Å². The predicted octanol–water partition coefficient (Wildman–Crippen LogP) is 1.36. The van der Waals surface area contributed by atoms with Crippen LogP contribution < -0.4 is 11.3 Å². The molecule has 2 rings (SSSR count). The first-order valence-corrected chi connectivity index (χ1v) is 4.23. The normalized spacial score (nSPS) is 8.87. The van der Waals surface area contributed by atoms with E-state index in [4.69, 9.17) is 9.90 Å². The Balaban J connectivity index is 0.000000195. The Kier molecular flexibility index (Phi) is 4.05. The van der Waals surface area contributed by atoms with E-state index in [0.717, 1.165) is 5.52 Å². The van der Waals surface area contributed by atoms with Gasteiger partial charge in [0.15, 0.2) is 0 Å². The summed E-state index contributed by atoms with van der Waals surface area (Å²) in [6.07, 6.45) is 0.590. The molecule has 1 amide bonds. The van der Waals surface area contributed by atoms with Crippen molar-refractivity contribution in [2.24, 2.45) is 5.84 Å². The van der Waals surface area contributed by atoms with Crippen LogP contribution in [0.25, 0.3) is 10.9 Å². The third-order valence-electron chi connectivity index (χ3n) is 1.64. The van der Waals surface area contributed by atoms with E-state index < -0.39 is 6.09 Å². The molecule has 0 radical (unpaired) electrons. The first kappa shape index (κ1) is 10.9. The summed E-state index contributed by atoms with van der Waals surface area (Å²) in [6.45, 7) is 0. The number of amides is 1. The molecule has 78 valence electrons. The van der Waals surface area contributed by atoms with Gasteiger partial charge in [-0.05, 0) is 12.1 Å². The maximum absolute atomic E-state index is 9.13. The highest BCUT2D eigenvalue weighted by molar-refractivity contribution is 5.77. The Hall–Kier alpha value is -2.14. The van der Waals surface area contributed by atoms with E-state index in [0.29, 0.717) is 0 Å². The van der Waals surface area contributed by atoms with Crippen LogP contribution in [-0.4, -0.2) is 16.2 Å². The van der Waals surface area contributed by atoms with Crippen molar-refractivity contribution in [2.75, 3.05) is 0 Å². The fraction of sp³-hybridized carbons (Fsp3) is 0. The van der Waals surface area contributed by atoms with Crippen LogP contribution in [0.15, 0.2) is 42.6 Å². The zero-order valence-corrected chi connectivity index (χ0v) is 7.92. The van der Waals surface area contributed by atoms with Crippen LogP contribution in [0.2, 0.25) is 0 Å². The van der Waals surface area contributed by atoms with Crippen molar-refractivity contribution in [3.05, 3.63) is 42.6 Å². The van der Waals surface area contributed by atoms with Crippen molar-refractivity contribution < 1.29 is 9.90 Å². The number of hydrogen-bond acceptors (Lipinski definition) is 3. The molecule has 0 aliphatic carbocycles. The molecule has 15 heavy (non-hydrogen) atoms. The zero-order valence-electron chi connectivity index (χ0n) is 7.92. The maximum atomic E-state index is 9.13. The van der Waals surface area contributed by atoms with E-state index in [-0.39, 0.29) is 0 Å². The Morgan fingerprint density at radius 1 is 1.27 bits per heavy atom. The topological polar surface area (TPSA) is 88.2 Å². The van der Waals surface area contributed by atoms with E-state index in [9.17, 15) is 0 Å². The minimum Gasteiger partial charge on any atom is -0.464 e. The van der Waals surface area contributed by atoms with E-state index in [2.05, 4.69) is 23.0 Å². The third-order valence-corrected chi connectivity index (χ3v) is 1.64. The highest BCUT2D eigenvalue weighted by Gasteiger charge is 1.86. The lowest BCUT2D eigenvalue weighted by Crippen LogP contribution is -2.27. The molecule has 4 N–H and O–H groups in total. The van der Waals surface area contributed by atoms with Gasteiger partial charge in [-0.2, -0.15) is 0 Å². The second kappa shape index (κ2) is 5.56. The maximum Gasteiger partial charge on any atom is 0.418 e. The number of fused-ring (bicyclic) bond motifs is 1. The first-order chi connectivity index (χ1) is 7.24. The molecule has 0 spiro atoms. The summed E-state index contributed by atoms with van der Waals surface area (Å²) in [6, 6.07) is 12.1.